The minimum atomic E-state index is 0.591. The third kappa shape index (κ3) is 2.56. The monoisotopic (exact) mass is 240 g/mol. The van der Waals surface area contributed by atoms with Gasteiger partial charge in [-0.2, -0.15) is 0 Å². The molecule has 0 unspecified atom stereocenters. The van der Waals surface area contributed by atoms with Gasteiger partial charge in [0.15, 0.2) is 6.29 Å². The maximum Gasteiger partial charge on any atom is 0.151 e. The third-order valence-electron chi connectivity index (χ3n) is 2.98. The van der Waals surface area contributed by atoms with Gasteiger partial charge < -0.3 is 4.90 Å². The fourth-order valence-electron chi connectivity index (χ4n) is 1.75. The maximum absolute atomic E-state index is 10.6. The summed E-state index contributed by atoms with van der Waals surface area (Å²) in [5.41, 5.74) is 2.99. The molecule has 1 aromatic carbocycles. The van der Waals surface area contributed by atoms with Gasteiger partial charge in [0.25, 0.3) is 0 Å². The van der Waals surface area contributed by atoms with Crippen molar-refractivity contribution in [1.82, 2.24) is 4.98 Å². The number of hydrogen-bond acceptors (Lipinski definition) is 3. The van der Waals surface area contributed by atoms with E-state index in [0.717, 1.165) is 24.2 Å². The number of aryl methyl sites for hydroxylation is 1. The largest absolute Gasteiger partial charge is 0.329 e. The molecule has 3 heteroatoms. The highest BCUT2D eigenvalue weighted by molar-refractivity contribution is 5.75. The smallest absolute Gasteiger partial charge is 0.151 e. The summed E-state index contributed by atoms with van der Waals surface area (Å²) in [4.78, 5) is 16.8. The molecule has 0 fully saturated rings. The Morgan fingerprint density at radius 2 is 1.89 bits per heavy atom. The second-order valence-electron chi connectivity index (χ2n) is 4.15. The van der Waals surface area contributed by atoms with Crippen LogP contribution in [-0.4, -0.2) is 18.3 Å². The molecule has 92 valence electrons. The molecule has 1 heterocycles. The molecule has 1 aromatic heterocycles. The van der Waals surface area contributed by atoms with Crippen LogP contribution in [0.2, 0.25) is 0 Å². The first-order valence-electron chi connectivity index (χ1n) is 5.98. The van der Waals surface area contributed by atoms with Crippen LogP contribution < -0.4 is 4.90 Å². The molecule has 0 bridgehead atoms. The number of hydrogen-bond donors (Lipinski definition) is 0. The summed E-state index contributed by atoms with van der Waals surface area (Å²) in [6.07, 6.45) is 3.42. The molecule has 0 radical (unpaired) electrons. The van der Waals surface area contributed by atoms with E-state index in [2.05, 4.69) is 36.2 Å². The van der Waals surface area contributed by atoms with E-state index >= 15 is 0 Å². The molecule has 3 nitrogen and oxygen atoms in total. The van der Waals surface area contributed by atoms with E-state index < -0.39 is 0 Å². The van der Waals surface area contributed by atoms with E-state index in [1.807, 2.05) is 18.0 Å². The molecule has 18 heavy (non-hydrogen) atoms. The van der Waals surface area contributed by atoms with Gasteiger partial charge in [0.05, 0.1) is 0 Å². The first-order valence-corrected chi connectivity index (χ1v) is 5.98. The van der Waals surface area contributed by atoms with Gasteiger partial charge in [-0.3, -0.25) is 4.79 Å². The van der Waals surface area contributed by atoms with Crippen molar-refractivity contribution in [2.45, 2.75) is 13.3 Å². The molecule has 0 amide bonds. The van der Waals surface area contributed by atoms with Crippen LogP contribution >= 0.6 is 0 Å². The highest BCUT2D eigenvalue weighted by Crippen LogP contribution is 2.21. The van der Waals surface area contributed by atoms with E-state index in [-0.39, 0.29) is 0 Å². The summed E-state index contributed by atoms with van der Waals surface area (Å²) in [7, 11) is 1.96. The average molecular weight is 240 g/mol. The van der Waals surface area contributed by atoms with E-state index in [1.54, 1.807) is 12.3 Å². The number of carbonyl (C=O) groups excluding carboxylic acids is 1. The van der Waals surface area contributed by atoms with Gasteiger partial charge >= 0.3 is 0 Å². The van der Waals surface area contributed by atoms with E-state index in [4.69, 9.17) is 0 Å². The molecular formula is C15H16N2O. The van der Waals surface area contributed by atoms with E-state index in [9.17, 15) is 4.79 Å². The van der Waals surface area contributed by atoms with Crippen molar-refractivity contribution < 1.29 is 4.79 Å². The minimum Gasteiger partial charge on any atom is -0.329 e. The number of pyridine rings is 1. The maximum atomic E-state index is 10.6. The zero-order chi connectivity index (χ0) is 13.0. The van der Waals surface area contributed by atoms with Gasteiger partial charge in [0, 0.05) is 24.5 Å². The Bertz CT molecular complexity index is 517. The van der Waals surface area contributed by atoms with Gasteiger partial charge in [-0.25, -0.2) is 4.98 Å². The standard InChI is InChI=1S/C15H16N2O/c1-3-12-4-7-14(8-5-12)17(2)15-9-6-13(11-18)10-16-15/h4-11H,3H2,1-2H3. The summed E-state index contributed by atoms with van der Waals surface area (Å²) >= 11 is 0. The number of aldehydes is 1. The van der Waals surface area contributed by atoms with E-state index in [1.165, 1.54) is 5.56 Å². The van der Waals surface area contributed by atoms with Crippen molar-refractivity contribution >= 4 is 17.8 Å². The lowest BCUT2D eigenvalue weighted by Gasteiger charge is -2.18. The quantitative estimate of drug-likeness (QED) is 0.769. The van der Waals surface area contributed by atoms with Gasteiger partial charge in [-0.15, -0.1) is 0 Å². The lowest BCUT2D eigenvalue weighted by atomic mass is 10.1. The molecule has 0 saturated heterocycles. The molecule has 2 aromatic rings. The zero-order valence-corrected chi connectivity index (χ0v) is 10.6. The number of nitrogens with zero attached hydrogens (tertiary/aromatic N) is 2. The number of carbonyl (C=O) groups is 1. The van der Waals surface area contributed by atoms with Crippen LogP contribution in [0.15, 0.2) is 42.6 Å². The first kappa shape index (κ1) is 12.3. The molecule has 0 saturated carbocycles. The van der Waals surface area contributed by atoms with Crippen LogP contribution in [0.1, 0.15) is 22.8 Å². The molecule has 2 rings (SSSR count). The van der Waals surface area contributed by atoms with Crippen LogP contribution in [0.25, 0.3) is 0 Å². The van der Waals surface area contributed by atoms with Gasteiger partial charge in [-0.05, 0) is 36.2 Å². The molecule has 0 spiro atoms. The van der Waals surface area contributed by atoms with Crippen molar-refractivity contribution in [1.29, 1.82) is 0 Å². The predicted molar refractivity (Wildman–Crippen MR) is 73.5 cm³/mol. The van der Waals surface area contributed by atoms with Crippen molar-refractivity contribution in [3.05, 3.63) is 53.7 Å². The Balaban J connectivity index is 2.22. The number of aromatic nitrogens is 1. The Kier molecular flexibility index (Phi) is 3.72. The minimum absolute atomic E-state index is 0.591. The fourth-order valence-corrected chi connectivity index (χ4v) is 1.75. The van der Waals surface area contributed by atoms with E-state index in [0.29, 0.717) is 5.56 Å². The second-order valence-corrected chi connectivity index (χ2v) is 4.15. The van der Waals surface area contributed by atoms with Crippen LogP contribution in [0.5, 0.6) is 0 Å². The highest BCUT2D eigenvalue weighted by Gasteiger charge is 2.04. The fraction of sp³-hybridized carbons (Fsp3) is 0.200. The molecule has 0 aliphatic rings. The Morgan fingerprint density at radius 1 is 1.17 bits per heavy atom. The molecule has 0 aliphatic carbocycles. The number of benzene rings is 1. The van der Waals surface area contributed by atoms with Crippen molar-refractivity contribution in [3.8, 4) is 0 Å². The summed E-state index contributed by atoms with van der Waals surface area (Å²) in [5.74, 6) is 0.824. The highest BCUT2D eigenvalue weighted by atomic mass is 16.1. The topological polar surface area (TPSA) is 33.2 Å². The molecule has 0 N–H and O–H groups in total. The lowest BCUT2D eigenvalue weighted by molar-refractivity contribution is 0.112. The summed E-state index contributed by atoms with van der Waals surface area (Å²) in [6, 6.07) is 12.0. The van der Waals surface area contributed by atoms with Crippen LogP contribution in [0.3, 0.4) is 0 Å². The van der Waals surface area contributed by atoms with Gasteiger partial charge in [0.1, 0.15) is 5.82 Å². The Morgan fingerprint density at radius 3 is 2.39 bits per heavy atom. The van der Waals surface area contributed by atoms with Crippen LogP contribution in [-0.2, 0) is 6.42 Å². The Labute approximate surface area is 107 Å². The summed E-state index contributed by atoms with van der Waals surface area (Å²) in [6.45, 7) is 2.14. The predicted octanol–water partition coefficient (Wildman–Crippen LogP) is 3.22. The van der Waals surface area contributed by atoms with Crippen molar-refractivity contribution in [2.24, 2.45) is 0 Å². The van der Waals surface area contributed by atoms with Crippen LogP contribution in [0, 0.1) is 0 Å². The number of anilines is 2. The lowest BCUT2D eigenvalue weighted by Crippen LogP contribution is -2.11. The normalized spacial score (nSPS) is 10.1. The summed E-state index contributed by atoms with van der Waals surface area (Å²) in [5, 5.41) is 0. The van der Waals surface area contributed by atoms with Crippen molar-refractivity contribution in [2.75, 3.05) is 11.9 Å². The third-order valence-corrected chi connectivity index (χ3v) is 2.98. The van der Waals surface area contributed by atoms with Crippen LogP contribution in [0.4, 0.5) is 11.5 Å². The van der Waals surface area contributed by atoms with Crippen molar-refractivity contribution in [3.63, 3.8) is 0 Å². The van der Waals surface area contributed by atoms with Gasteiger partial charge in [0.2, 0.25) is 0 Å². The second kappa shape index (κ2) is 5.45. The number of rotatable bonds is 4. The first-order chi connectivity index (χ1) is 8.74. The SMILES string of the molecule is CCc1ccc(N(C)c2ccc(C=O)cn2)cc1. The zero-order valence-electron chi connectivity index (χ0n) is 10.6. The average Bonchev–Trinajstić information content (AvgIpc) is 2.47. The molecular weight excluding hydrogens is 224 g/mol. The molecule has 0 atom stereocenters. The Hall–Kier alpha value is -2.16. The summed E-state index contributed by atoms with van der Waals surface area (Å²) < 4.78 is 0. The van der Waals surface area contributed by atoms with Gasteiger partial charge in [-0.1, -0.05) is 19.1 Å². The molecule has 0 aliphatic heterocycles.